The van der Waals surface area contributed by atoms with Crippen molar-refractivity contribution in [1.82, 2.24) is 9.13 Å². The molecule has 0 amide bonds. The molecule has 3 aromatic heterocycles. The Morgan fingerprint density at radius 1 is 0.411 bits per heavy atom. The van der Waals surface area contributed by atoms with Crippen LogP contribution >= 0.6 is 11.3 Å². The molecule has 0 saturated carbocycles. The van der Waals surface area contributed by atoms with E-state index in [1.165, 1.54) is 91.6 Å². The third kappa shape index (κ3) is 4.69. The quantitative estimate of drug-likeness (QED) is 0.172. The highest BCUT2D eigenvalue weighted by molar-refractivity contribution is 7.25. The number of anilines is 2. The van der Waals surface area contributed by atoms with Crippen molar-refractivity contribution in [1.29, 1.82) is 0 Å². The Kier molecular flexibility index (Phi) is 6.92. The van der Waals surface area contributed by atoms with Gasteiger partial charge in [0.05, 0.1) is 22.1 Å². The summed E-state index contributed by atoms with van der Waals surface area (Å²) >= 11 is 1.87. The van der Waals surface area contributed by atoms with Gasteiger partial charge in [0, 0.05) is 70.2 Å². The fourth-order valence-electron chi connectivity index (χ4n) is 9.32. The van der Waals surface area contributed by atoms with E-state index >= 15 is 0 Å². The number of benzene rings is 8. The van der Waals surface area contributed by atoms with Crippen LogP contribution < -0.4 is 4.90 Å². The molecule has 1 aliphatic rings. The van der Waals surface area contributed by atoms with Crippen molar-refractivity contribution >= 4 is 103 Å². The predicted octanol–water partition coefficient (Wildman–Crippen LogP) is 14.8. The van der Waals surface area contributed by atoms with Gasteiger partial charge in [-0.1, -0.05) is 109 Å². The first kappa shape index (κ1) is 31.5. The van der Waals surface area contributed by atoms with Gasteiger partial charge in [0.1, 0.15) is 0 Å². The van der Waals surface area contributed by atoms with E-state index in [1.54, 1.807) is 0 Å². The van der Waals surface area contributed by atoms with Gasteiger partial charge in [-0.05, 0) is 102 Å². The summed E-state index contributed by atoms with van der Waals surface area (Å²) in [6.45, 7) is 0. The number of hydrogen-bond acceptors (Lipinski definition) is 2. The normalized spacial score (nSPS) is 13.4. The molecular formula is C52H35N3S. The third-order valence-electron chi connectivity index (χ3n) is 11.8. The molecule has 56 heavy (non-hydrogen) atoms. The first-order valence-corrected chi connectivity index (χ1v) is 20.2. The lowest BCUT2D eigenvalue weighted by Gasteiger charge is -2.30. The number of allylic oxidation sites excluding steroid dienone is 4. The molecule has 3 nitrogen and oxygen atoms in total. The molecule has 3 heterocycles. The van der Waals surface area contributed by atoms with Gasteiger partial charge in [-0.3, -0.25) is 0 Å². The van der Waals surface area contributed by atoms with E-state index in [0.29, 0.717) is 0 Å². The van der Waals surface area contributed by atoms with Gasteiger partial charge in [-0.15, -0.1) is 11.3 Å². The number of aromatic nitrogens is 2. The zero-order valence-corrected chi connectivity index (χ0v) is 31.4. The second kappa shape index (κ2) is 12.3. The van der Waals surface area contributed by atoms with E-state index < -0.39 is 0 Å². The Morgan fingerprint density at radius 2 is 1.07 bits per heavy atom. The molecule has 8 aromatic carbocycles. The lowest BCUT2D eigenvalue weighted by Crippen LogP contribution is -2.18. The molecule has 12 rings (SSSR count). The first-order chi connectivity index (χ1) is 27.8. The van der Waals surface area contributed by atoms with Crippen LogP contribution in [0.5, 0.6) is 0 Å². The summed E-state index contributed by atoms with van der Waals surface area (Å²) in [4.78, 5) is 2.50. The molecule has 0 spiro atoms. The molecule has 0 N–H and O–H groups in total. The minimum atomic E-state index is 0.898. The minimum Gasteiger partial charge on any atom is -0.314 e. The molecule has 0 saturated heterocycles. The van der Waals surface area contributed by atoms with Crippen LogP contribution in [0.2, 0.25) is 0 Å². The van der Waals surface area contributed by atoms with Gasteiger partial charge < -0.3 is 14.0 Å². The molecule has 0 unspecified atom stereocenters. The zero-order valence-electron chi connectivity index (χ0n) is 30.6. The Morgan fingerprint density at radius 3 is 1.91 bits per heavy atom. The van der Waals surface area contributed by atoms with E-state index in [1.807, 2.05) is 11.3 Å². The van der Waals surface area contributed by atoms with Crippen molar-refractivity contribution in [3.05, 3.63) is 194 Å². The van der Waals surface area contributed by atoms with E-state index in [0.717, 1.165) is 24.2 Å². The maximum Gasteiger partial charge on any atom is 0.0561 e. The average Bonchev–Trinajstić information content (AvgIpc) is 3.92. The second-order valence-electron chi connectivity index (χ2n) is 14.9. The lowest BCUT2D eigenvalue weighted by molar-refractivity contribution is 0.895. The number of hydrogen-bond donors (Lipinski definition) is 0. The molecule has 0 atom stereocenters. The molecule has 11 aromatic rings. The molecule has 1 aliphatic carbocycles. The minimum absolute atomic E-state index is 0.898. The van der Waals surface area contributed by atoms with Crippen LogP contribution in [0.25, 0.3) is 85.9 Å². The van der Waals surface area contributed by atoms with E-state index in [2.05, 4.69) is 202 Å². The molecular weight excluding hydrogens is 699 g/mol. The summed E-state index contributed by atoms with van der Waals surface area (Å²) in [5.41, 5.74) is 11.0. The first-order valence-electron chi connectivity index (χ1n) is 19.4. The topological polar surface area (TPSA) is 13.1 Å². The number of fused-ring (bicyclic) bond motifs is 11. The summed E-state index contributed by atoms with van der Waals surface area (Å²) in [6.07, 6.45) is 6.55. The van der Waals surface area contributed by atoms with Gasteiger partial charge in [0.15, 0.2) is 0 Å². The fourth-order valence-corrected chi connectivity index (χ4v) is 10.4. The molecule has 0 radical (unpaired) electrons. The Hall–Kier alpha value is -6.88. The SMILES string of the molecule is C1=C(N(c2ccc3sc4ccccc4c3c2)c2ccc3c4ccccc4n(-c4ccccc4)c3c2)CCC(n2c3ccccc3c3c4ccccc4ccc32)=C1. The third-order valence-corrected chi connectivity index (χ3v) is 12.9. The fraction of sp³-hybridized carbons (Fsp3) is 0.0385. The van der Waals surface area contributed by atoms with Crippen LogP contribution in [0, 0.1) is 0 Å². The second-order valence-corrected chi connectivity index (χ2v) is 15.9. The van der Waals surface area contributed by atoms with Crippen molar-refractivity contribution in [3.63, 3.8) is 0 Å². The Balaban J connectivity index is 1.07. The summed E-state index contributed by atoms with van der Waals surface area (Å²) in [5, 5.41) is 10.3. The summed E-state index contributed by atoms with van der Waals surface area (Å²) in [7, 11) is 0. The maximum absolute atomic E-state index is 2.50. The smallest absolute Gasteiger partial charge is 0.0561 e. The van der Waals surface area contributed by atoms with Crippen LogP contribution in [0.1, 0.15) is 12.8 Å². The summed E-state index contributed by atoms with van der Waals surface area (Å²) in [5.74, 6) is 0. The summed E-state index contributed by atoms with van der Waals surface area (Å²) in [6, 6.07) is 64.7. The zero-order chi connectivity index (χ0) is 36.7. The van der Waals surface area contributed by atoms with Crippen molar-refractivity contribution in [2.24, 2.45) is 0 Å². The highest BCUT2D eigenvalue weighted by Gasteiger charge is 2.23. The highest BCUT2D eigenvalue weighted by atomic mass is 32.1. The average molecular weight is 734 g/mol. The van der Waals surface area contributed by atoms with Gasteiger partial charge in [-0.2, -0.15) is 0 Å². The molecule has 4 heteroatoms. The van der Waals surface area contributed by atoms with Crippen LogP contribution in [-0.2, 0) is 0 Å². The van der Waals surface area contributed by atoms with Gasteiger partial charge in [-0.25, -0.2) is 0 Å². The maximum atomic E-state index is 2.50. The van der Waals surface area contributed by atoms with Crippen molar-refractivity contribution in [3.8, 4) is 5.69 Å². The molecule has 0 aliphatic heterocycles. The van der Waals surface area contributed by atoms with E-state index in [4.69, 9.17) is 0 Å². The van der Waals surface area contributed by atoms with E-state index in [9.17, 15) is 0 Å². The van der Waals surface area contributed by atoms with Gasteiger partial charge in [0.2, 0.25) is 0 Å². The van der Waals surface area contributed by atoms with Crippen LogP contribution in [0.15, 0.2) is 194 Å². The van der Waals surface area contributed by atoms with Crippen molar-refractivity contribution in [2.75, 3.05) is 4.90 Å². The standard InChI is InChI=1S/C52H35N3S/c1-2-13-35(14-3-1)55-46-19-9-6-16-41(46)42-29-27-39(33-49(42)55)53(38-28-31-51-45(32-38)43-17-8-11-21-50(43)56-51)36-23-25-37(26-24-36)54-47-20-10-7-18-44(47)52-40-15-5-4-12-34(40)22-30-48(52)54/h1-23,25,27-33H,24,26H2. The Labute approximate surface area is 327 Å². The largest absolute Gasteiger partial charge is 0.314 e. The number of rotatable bonds is 5. The van der Waals surface area contributed by atoms with Crippen molar-refractivity contribution < 1.29 is 0 Å². The molecule has 0 bridgehead atoms. The van der Waals surface area contributed by atoms with Gasteiger partial charge >= 0.3 is 0 Å². The molecule has 264 valence electrons. The van der Waals surface area contributed by atoms with Gasteiger partial charge in [0.25, 0.3) is 0 Å². The highest BCUT2D eigenvalue weighted by Crippen LogP contribution is 2.44. The van der Waals surface area contributed by atoms with Crippen LogP contribution in [-0.4, -0.2) is 9.13 Å². The monoisotopic (exact) mass is 733 g/mol. The number of nitrogens with zero attached hydrogens (tertiary/aromatic N) is 3. The Bertz CT molecular complexity index is 3430. The number of thiophene rings is 1. The van der Waals surface area contributed by atoms with E-state index in [-0.39, 0.29) is 0 Å². The van der Waals surface area contributed by atoms with Crippen LogP contribution in [0.3, 0.4) is 0 Å². The van der Waals surface area contributed by atoms with Crippen LogP contribution in [0.4, 0.5) is 11.4 Å². The summed E-state index contributed by atoms with van der Waals surface area (Å²) < 4.78 is 7.56. The van der Waals surface area contributed by atoms with Crippen molar-refractivity contribution in [2.45, 2.75) is 12.8 Å². The predicted molar refractivity (Wildman–Crippen MR) is 241 cm³/mol. The molecule has 0 fully saturated rings. The number of para-hydroxylation sites is 3. The lowest BCUT2D eigenvalue weighted by atomic mass is 10.0.